The highest BCUT2D eigenvalue weighted by Crippen LogP contribution is 2.39. The van der Waals surface area contributed by atoms with E-state index in [9.17, 15) is 8.42 Å². The van der Waals surface area contributed by atoms with E-state index in [1.165, 1.54) is 0 Å². The van der Waals surface area contributed by atoms with Crippen LogP contribution >= 0.6 is 11.3 Å². The van der Waals surface area contributed by atoms with Crippen LogP contribution in [0, 0.1) is 6.92 Å². The molecule has 4 aromatic rings. The number of fused-ring (bicyclic) bond motifs is 2. The second kappa shape index (κ2) is 7.16. The van der Waals surface area contributed by atoms with Gasteiger partial charge in [0.2, 0.25) is 10.0 Å². The molecule has 3 heterocycles. The molecule has 7 heteroatoms. The summed E-state index contributed by atoms with van der Waals surface area (Å²) < 4.78 is 30.2. The Bertz CT molecular complexity index is 1280. The van der Waals surface area contributed by atoms with Crippen LogP contribution in [0.4, 0.5) is 0 Å². The number of thiazole rings is 1. The highest BCUT2D eigenvalue weighted by atomic mass is 32.2. The van der Waals surface area contributed by atoms with Crippen molar-refractivity contribution in [2.45, 2.75) is 37.1 Å². The summed E-state index contributed by atoms with van der Waals surface area (Å²) in [5.41, 5.74) is 2.47. The number of sulfonamides is 1. The molecule has 0 bridgehead atoms. The van der Waals surface area contributed by atoms with Crippen molar-refractivity contribution < 1.29 is 8.42 Å². The minimum Gasteiger partial charge on any atom is -0.255 e. The summed E-state index contributed by atoms with van der Waals surface area (Å²) in [6.07, 6.45) is 4.37. The molecule has 2 aromatic carbocycles. The van der Waals surface area contributed by atoms with Gasteiger partial charge in [-0.15, -0.1) is 11.3 Å². The van der Waals surface area contributed by atoms with Gasteiger partial charge < -0.3 is 0 Å². The SMILES string of the molecule is Cc1cnc2c(S(=O)(=O)N3CCCCC3c3nc4ccccc4s3)cccc2c1. The van der Waals surface area contributed by atoms with E-state index >= 15 is 0 Å². The molecule has 0 saturated carbocycles. The normalized spacial score (nSPS) is 18.4. The predicted molar refractivity (Wildman–Crippen MR) is 117 cm³/mol. The monoisotopic (exact) mass is 423 g/mol. The van der Waals surface area contributed by atoms with Crippen LogP contribution in [-0.4, -0.2) is 29.2 Å². The molecular formula is C22H21N3O2S2. The molecule has 0 aliphatic carbocycles. The van der Waals surface area contributed by atoms with E-state index < -0.39 is 10.0 Å². The Morgan fingerprint density at radius 1 is 1.10 bits per heavy atom. The zero-order valence-corrected chi connectivity index (χ0v) is 17.7. The van der Waals surface area contributed by atoms with Gasteiger partial charge in [0.1, 0.15) is 9.90 Å². The number of hydrogen-bond acceptors (Lipinski definition) is 5. The van der Waals surface area contributed by atoms with Crippen molar-refractivity contribution in [1.29, 1.82) is 0 Å². The summed E-state index contributed by atoms with van der Waals surface area (Å²) in [6.45, 7) is 2.46. The molecule has 1 aliphatic rings. The number of aromatic nitrogens is 2. The number of benzene rings is 2. The van der Waals surface area contributed by atoms with Gasteiger partial charge in [0.05, 0.1) is 21.8 Å². The van der Waals surface area contributed by atoms with Crippen LogP contribution in [0.25, 0.3) is 21.1 Å². The second-order valence-electron chi connectivity index (χ2n) is 7.49. The maximum Gasteiger partial charge on any atom is 0.245 e. The number of piperidine rings is 1. The first kappa shape index (κ1) is 18.7. The summed E-state index contributed by atoms with van der Waals surface area (Å²) in [7, 11) is -3.70. The molecule has 0 amide bonds. The Morgan fingerprint density at radius 3 is 2.83 bits per heavy atom. The van der Waals surface area contributed by atoms with E-state index in [1.54, 1.807) is 34.0 Å². The smallest absolute Gasteiger partial charge is 0.245 e. The summed E-state index contributed by atoms with van der Waals surface area (Å²) >= 11 is 1.59. The average Bonchev–Trinajstić information content (AvgIpc) is 3.17. The third-order valence-corrected chi connectivity index (χ3v) is 8.52. The topological polar surface area (TPSA) is 63.2 Å². The van der Waals surface area contributed by atoms with Crippen molar-refractivity contribution in [3.05, 3.63) is 65.3 Å². The highest BCUT2D eigenvalue weighted by Gasteiger charge is 2.37. The molecule has 5 nitrogen and oxygen atoms in total. The first-order valence-electron chi connectivity index (χ1n) is 9.77. The van der Waals surface area contributed by atoms with Crippen LogP contribution in [0.5, 0.6) is 0 Å². The maximum absolute atomic E-state index is 13.7. The number of pyridine rings is 1. The summed E-state index contributed by atoms with van der Waals surface area (Å²) in [5, 5.41) is 1.72. The molecule has 1 unspecified atom stereocenters. The fraction of sp³-hybridized carbons (Fsp3) is 0.273. The summed E-state index contributed by atoms with van der Waals surface area (Å²) in [5.74, 6) is 0. The van der Waals surface area contributed by atoms with Gasteiger partial charge >= 0.3 is 0 Å². The lowest BCUT2D eigenvalue weighted by atomic mass is 10.1. The van der Waals surface area contributed by atoms with Gasteiger partial charge in [-0.25, -0.2) is 13.4 Å². The van der Waals surface area contributed by atoms with Crippen molar-refractivity contribution >= 4 is 42.5 Å². The van der Waals surface area contributed by atoms with E-state index in [1.807, 2.05) is 43.3 Å². The van der Waals surface area contributed by atoms with Crippen molar-refractivity contribution in [2.75, 3.05) is 6.54 Å². The zero-order chi connectivity index (χ0) is 20.0. The maximum atomic E-state index is 13.7. The van der Waals surface area contributed by atoms with E-state index in [-0.39, 0.29) is 10.9 Å². The fourth-order valence-electron chi connectivity index (χ4n) is 4.05. The molecule has 148 valence electrons. The first-order chi connectivity index (χ1) is 14.0. The number of rotatable bonds is 3. The number of nitrogens with zero attached hydrogens (tertiary/aromatic N) is 3. The van der Waals surface area contributed by atoms with Gasteiger partial charge in [-0.3, -0.25) is 4.98 Å². The quantitative estimate of drug-likeness (QED) is 0.462. The Labute approximate surface area is 174 Å². The van der Waals surface area contributed by atoms with E-state index in [2.05, 4.69) is 4.98 Å². The molecule has 1 atom stereocenters. The first-order valence-corrected chi connectivity index (χ1v) is 12.0. The highest BCUT2D eigenvalue weighted by molar-refractivity contribution is 7.89. The molecule has 2 aromatic heterocycles. The van der Waals surface area contributed by atoms with E-state index in [4.69, 9.17) is 4.98 Å². The van der Waals surface area contributed by atoms with Crippen LogP contribution in [0.3, 0.4) is 0 Å². The minimum absolute atomic E-state index is 0.230. The molecule has 1 fully saturated rings. The Kier molecular flexibility index (Phi) is 4.61. The van der Waals surface area contributed by atoms with Gasteiger partial charge in [-0.05, 0) is 49.6 Å². The molecule has 0 N–H and O–H groups in total. The molecule has 5 rings (SSSR count). The summed E-state index contributed by atoms with van der Waals surface area (Å²) in [6, 6.07) is 15.1. The molecule has 0 radical (unpaired) electrons. The van der Waals surface area contributed by atoms with Crippen LogP contribution in [0.15, 0.2) is 59.6 Å². The van der Waals surface area contributed by atoms with Crippen LogP contribution in [-0.2, 0) is 10.0 Å². The summed E-state index contributed by atoms with van der Waals surface area (Å²) in [4.78, 5) is 9.50. The standard InChI is InChI=1S/C22H21N3O2S2/c1-15-13-16-7-6-11-20(21(16)23-14-15)29(26,27)25-12-5-4-9-18(25)22-24-17-8-2-3-10-19(17)28-22/h2-3,6-8,10-11,13-14,18H,4-5,9,12H2,1H3. The second-order valence-corrected chi connectivity index (χ2v) is 10.4. The number of aryl methyl sites for hydroxylation is 1. The minimum atomic E-state index is -3.70. The lowest BCUT2D eigenvalue weighted by Crippen LogP contribution is -2.38. The molecular weight excluding hydrogens is 402 g/mol. The van der Waals surface area contributed by atoms with E-state index in [0.29, 0.717) is 12.1 Å². The van der Waals surface area contributed by atoms with Crippen molar-refractivity contribution in [1.82, 2.24) is 14.3 Å². The van der Waals surface area contributed by atoms with Gasteiger partial charge in [-0.2, -0.15) is 4.31 Å². The zero-order valence-electron chi connectivity index (χ0n) is 16.1. The molecule has 0 spiro atoms. The lowest BCUT2D eigenvalue weighted by Gasteiger charge is -2.33. The van der Waals surface area contributed by atoms with Crippen LogP contribution < -0.4 is 0 Å². The van der Waals surface area contributed by atoms with Gasteiger partial charge in [0, 0.05) is 18.1 Å². The Balaban J connectivity index is 1.62. The van der Waals surface area contributed by atoms with Crippen LogP contribution in [0.1, 0.15) is 35.9 Å². The van der Waals surface area contributed by atoms with Crippen molar-refractivity contribution in [2.24, 2.45) is 0 Å². The van der Waals surface area contributed by atoms with Gasteiger partial charge in [-0.1, -0.05) is 30.7 Å². The average molecular weight is 424 g/mol. The Hall–Kier alpha value is -2.35. The van der Waals surface area contributed by atoms with Crippen LogP contribution in [0.2, 0.25) is 0 Å². The van der Waals surface area contributed by atoms with Crippen molar-refractivity contribution in [3.63, 3.8) is 0 Å². The third-order valence-electron chi connectivity index (χ3n) is 5.45. The number of hydrogen-bond donors (Lipinski definition) is 0. The molecule has 1 aliphatic heterocycles. The fourth-order valence-corrected chi connectivity index (χ4v) is 7.06. The van der Waals surface area contributed by atoms with E-state index in [0.717, 1.165) is 45.4 Å². The number of para-hydroxylation sites is 2. The molecule has 29 heavy (non-hydrogen) atoms. The molecule has 1 saturated heterocycles. The predicted octanol–water partition coefficient (Wildman–Crippen LogP) is 5.07. The Morgan fingerprint density at radius 2 is 1.97 bits per heavy atom. The largest absolute Gasteiger partial charge is 0.255 e. The van der Waals surface area contributed by atoms with Gasteiger partial charge in [0.15, 0.2) is 0 Å². The lowest BCUT2D eigenvalue weighted by molar-refractivity contribution is 0.256. The van der Waals surface area contributed by atoms with Gasteiger partial charge in [0.25, 0.3) is 0 Å². The third kappa shape index (κ3) is 3.23. The van der Waals surface area contributed by atoms with Crippen molar-refractivity contribution in [3.8, 4) is 0 Å².